The first-order valence-electron chi connectivity index (χ1n) is 6.03. The van der Waals surface area contributed by atoms with Gasteiger partial charge in [0.2, 0.25) is 0 Å². The lowest BCUT2D eigenvalue weighted by Crippen LogP contribution is -2.44. The van der Waals surface area contributed by atoms with Gasteiger partial charge in [-0.15, -0.1) is 0 Å². The minimum absolute atomic E-state index is 0.0609. The van der Waals surface area contributed by atoms with E-state index in [2.05, 4.69) is 25.7 Å². The molecule has 3 nitrogen and oxygen atoms in total. The third-order valence-electron chi connectivity index (χ3n) is 3.66. The van der Waals surface area contributed by atoms with E-state index in [0.29, 0.717) is 10.9 Å². The molecule has 1 fully saturated rings. The number of nitrogens with two attached hydrogens (primary N) is 1. The summed E-state index contributed by atoms with van der Waals surface area (Å²) in [6, 6.07) is 0. The highest BCUT2D eigenvalue weighted by Crippen LogP contribution is 2.23. The Hall–Kier alpha value is -0.190. The molecule has 3 N–H and O–H groups in total. The van der Waals surface area contributed by atoms with Gasteiger partial charge in [-0.3, -0.25) is 0 Å². The minimum atomic E-state index is -0.125. The number of hydrogen-bond donors (Lipinski definition) is 2. The van der Waals surface area contributed by atoms with E-state index in [1.54, 1.807) is 0 Å². The number of thiocarbonyl (C=S) groups is 1. The predicted octanol–water partition coefficient (Wildman–Crippen LogP) is 1.39. The van der Waals surface area contributed by atoms with E-state index in [0.717, 1.165) is 32.5 Å². The molecule has 0 saturated carbocycles. The Morgan fingerprint density at radius 1 is 1.56 bits per heavy atom. The van der Waals surface area contributed by atoms with Gasteiger partial charge in [0.15, 0.2) is 0 Å². The van der Waals surface area contributed by atoms with Crippen LogP contribution >= 0.6 is 12.2 Å². The highest BCUT2D eigenvalue weighted by atomic mass is 32.1. The van der Waals surface area contributed by atoms with Crippen molar-refractivity contribution in [3.8, 4) is 0 Å². The Balaban J connectivity index is 2.36. The van der Waals surface area contributed by atoms with Crippen molar-refractivity contribution in [3.63, 3.8) is 0 Å². The van der Waals surface area contributed by atoms with Crippen molar-refractivity contribution in [3.05, 3.63) is 0 Å². The summed E-state index contributed by atoms with van der Waals surface area (Å²) in [4.78, 5) is 3.00. The predicted molar refractivity (Wildman–Crippen MR) is 71.4 cm³/mol. The van der Waals surface area contributed by atoms with Crippen molar-refractivity contribution in [1.29, 1.82) is 0 Å². The fourth-order valence-corrected chi connectivity index (χ4v) is 2.09. The standard InChI is InChI=1S/C12H24N2OS/c1-9-8-14(6-4-10(9)15)7-5-12(2,3)11(13)16/h9-10,15H,4-8H2,1-3H3,(H2,13,16). The lowest BCUT2D eigenvalue weighted by atomic mass is 9.88. The highest BCUT2D eigenvalue weighted by molar-refractivity contribution is 7.80. The van der Waals surface area contributed by atoms with Crippen molar-refractivity contribution >= 4 is 17.2 Å². The molecule has 0 aromatic rings. The Kier molecular flexibility index (Phi) is 4.71. The van der Waals surface area contributed by atoms with Gasteiger partial charge in [0, 0.05) is 18.5 Å². The lowest BCUT2D eigenvalue weighted by molar-refractivity contribution is 0.0326. The molecule has 16 heavy (non-hydrogen) atoms. The molecule has 1 aliphatic heterocycles. The molecule has 1 heterocycles. The minimum Gasteiger partial charge on any atom is -0.393 e. The maximum Gasteiger partial charge on any atom is 0.0784 e. The van der Waals surface area contributed by atoms with Gasteiger partial charge in [-0.2, -0.15) is 0 Å². The number of nitrogens with zero attached hydrogens (tertiary/aromatic N) is 1. The van der Waals surface area contributed by atoms with Crippen LogP contribution in [-0.2, 0) is 0 Å². The van der Waals surface area contributed by atoms with Gasteiger partial charge in [-0.25, -0.2) is 0 Å². The molecular formula is C12H24N2OS. The van der Waals surface area contributed by atoms with Crippen LogP contribution in [0.5, 0.6) is 0 Å². The lowest BCUT2D eigenvalue weighted by Gasteiger charge is -2.36. The smallest absolute Gasteiger partial charge is 0.0784 e. The van der Waals surface area contributed by atoms with E-state index in [9.17, 15) is 5.11 Å². The molecular weight excluding hydrogens is 220 g/mol. The van der Waals surface area contributed by atoms with Crippen LogP contribution in [-0.4, -0.2) is 40.7 Å². The first-order chi connectivity index (χ1) is 7.33. The normalized spacial score (nSPS) is 28.0. The van der Waals surface area contributed by atoms with Gasteiger partial charge in [-0.05, 0) is 25.3 Å². The van der Waals surface area contributed by atoms with Crippen LogP contribution in [0.25, 0.3) is 0 Å². The number of rotatable bonds is 4. The third kappa shape index (κ3) is 3.68. The SMILES string of the molecule is CC1CN(CCC(C)(C)C(N)=S)CCC1O. The number of piperidine rings is 1. The van der Waals surface area contributed by atoms with Crippen LogP contribution in [0.4, 0.5) is 0 Å². The van der Waals surface area contributed by atoms with E-state index in [4.69, 9.17) is 18.0 Å². The maximum absolute atomic E-state index is 9.64. The van der Waals surface area contributed by atoms with Gasteiger partial charge >= 0.3 is 0 Å². The average molecular weight is 244 g/mol. The monoisotopic (exact) mass is 244 g/mol. The molecule has 0 aromatic heterocycles. The van der Waals surface area contributed by atoms with Crippen molar-refractivity contribution in [1.82, 2.24) is 4.90 Å². The van der Waals surface area contributed by atoms with Gasteiger partial charge in [-0.1, -0.05) is 33.0 Å². The largest absolute Gasteiger partial charge is 0.393 e. The maximum atomic E-state index is 9.64. The number of aliphatic hydroxyl groups is 1. The van der Waals surface area contributed by atoms with Crippen LogP contribution < -0.4 is 5.73 Å². The van der Waals surface area contributed by atoms with Crippen LogP contribution in [0, 0.1) is 11.3 Å². The van der Waals surface area contributed by atoms with Gasteiger partial charge < -0.3 is 15.7 Å². The summed E-state index contributed by atoms with van der Waals surface area (Å²) in [5.41, 5.74) is 5.65. The van der Waals surface area contributed by atoms with Crippen LogP contribution in [0.3, 0.4) is 0 Å². The van der Waals surface area contributed by atoms with Crippen molar-refractivity contribution in [2.45, 2.75) is 39.7 Å². The molecule has 0 aliphatic carbocycles. The van der Waals surface area contributed by atoms with Gasteiger partial charge in [0.1, 0.15) is 0 Å². The molecule has 0 aromatic carbocycles. The fourth-order valence-electron chi connectivity index (χ4n) is 1.98. The van der Waals surface area contributed by atoms with Crippen LogP contribution in [0.2, 0.25) is 0 Å². The molecule has 0 spiro atoms. The third-order valence-corrected chi connectivity index (χ3v) is 4.22. The molecule has 1 rings (SSSR count). The van der Waals surface area contributed by atoms with Gasteiger partial charge in [0.05, 0.1) is 11.1 Å². The zero-order chi connectivity index (χ0) is 12.3. The van der Waals surface area contributed by atoms with E-state index >= 15 is 0 Å². The Labute approximate surface area is 104 Å². The summed E-state index contributed by atoms with van der Waals surface area (Å²) >= 11 is 5.06. The van der Waals surface area contributed by atoms with Crippen LogP contribution in [0.1, 0.15) is 33.6 Å². The summed E-state index contributed by atoms with van der Waals surface area (Å²) in [5.74, 6) is 0.377. The molecule has 1 saturated heterocycles. The van der Waals surface area contributed by atoms with Crippen LogP contribution in [0.15, 0.2) is 0 Å². The molecule has 0 bridgehead atoms. The summed E-state index contributed by atoms with van der Waals surface area (Å²) in [6.07, 6.45) is 1.75. The summed E-state index contributed by atoms with van der Waals surface area (Å²) in [6.45, 7) is 9.28. The quantitative estimate of drug-likeness (QED) is 0.734. The Bertz CT molecular complexity index is 255. The Morgan fingerprint density at radius 3 is 2.69 bits per heavy atom. The molecule has 0 radical (unpaired) electrons. The number of likely N-dealkylation sites (tertiary alicyclic amines) is 1. The van der Waals surface area contributed by atoms with Gasteiger partial charge in [0.25, 0.3) is 0 Å². The molecule has 2 unspecified atom stereocenters. The summed E-state index contributed by atoms with van der Waals surface area (Å²) in [5, 5.41) is 9.64. The first kappa shape index (κ1) is 13.9. The topological polar surface area (TPSA) is 49.5 Å². The van der Waals surface area contributed by atoms with Crippen molar-refractivity contribution < 1.29 is 5.11 Å². The molecule has 2 atom stereocenters. The average Bonchev–Trinajstić information content (AvgIpc) is 2.20. The molecule has 1 aliphatic rings. The first-order valence-corrected chi connectivity index (χ1v) is 6.44. The van der Waals surface area contributed by atoms with Crippen molar-refractivity contribution in [2.24, 2.45) is 17.1 Å². The molecule has 94 valence electrons. The zero-order valence-electron chi connectivity index (χ0n) is 10.6. The second-order valence-electron chi connectivity index (χ2n) is 5.63. The second-order valence-corrected chi connectivity index (χ2v) is 6.07. The molecule has 4 heteroatoms. The summed E-state index contributed by atoms with van der Waals surface area (Å²) < 4.78 is 0. The Morgan fingerprint density at radius 2 is 2.19 bits per heavy atom. The van der Waals surface area contributed by atoms with E-state index in [1.165, 1.54) is 0 Å². The second kappa shape index (κ2) is 5.43. The fraction of sp³-hybridized carbons (Fsp3) is 0.917. The van der Waals surface area contributed by atoms with Crippen molar-refractivity contribution in [2.75, 3.05) is 19.6 Å². The number of hydrogen-bond acceptors (Lipinski definition) is 3. The van der Waals surface area contributed by atoms with E-state index < -0.39 is 0 Å². The van der Waals surface area contributed by atoms with E-state index in [-0.39, 0.29) is 11.5 Å². The van der Waals surface area contributed by atoms with E-state index in [1.807, 2.05) is 0 Å². The highest BCUT2D eigenvalue weighted by Gasteiger charge is 2.27. The zero-order valence-corrected chi connectivity index (χ0v) is 11.4. The summed E-state index contributed by atoms with van der Waals surface area (Å²) in [7, 11) is 0. The molecule has 0 amide bonds. The number of aliphatic hydroxyl groups excluding tert-OH is 1.